The molecule has 0 heterocycles. The number of hydrogen-bond acceptors (Lipinski definition) is 2. The Hall–Kier alpha value is -0.930. The minimum atomic E-state index is -0.671. The van der Waals surface area contributed by atoms with Crippen molar-refractivity contribution >= 4 is 0 Å². The summed E-state index contributed by atoms with van der Waals surface area (Å²) in [5.74, 6) is -0.287. The molecular weight excluding hydrogens is 193 g/mol. The Morgan fingerprint density at radius 2 is 2.13 bits per heavy atom. The number of nitrogens with two attached hydrogens (primary N) is 1. The molecule has 0 aliphatic rings. The van der Waals surface area contributed by atoms with E-state index in [1.165, 1.54) is 6.07 Å². The first-order chi connectivity index (χ1) is 7.10. The standard InChI is InChI=1S/C12H18FNO/c1-3-9(7-14)12(15)10-5-4-8(2)11(13)6-10/h4-6,9,12,15H,3,7,14H2,1-2H3. The molecule has 1 rings (SSSR count). The van der Waals surface area contributed by atoms with Gasteiger partial charge in [-0.1, -0.05) is 19.1 Å². The van der Waals surface area contributed by atoms with Crippen LogP contribution in [0.1, 0.15) is 30.6 Å². The Labute approximate surface area is 89.9 Å². The van der Waals surface area contributed by atoms with Crippen LogP contribution in [0.4, 0.5) is 4.39 Å². The van der Waals surface area contributed by atoms with E-state index in [4.69, 9.17) is 5.73 Å². The highest BCUT2D eigenvalue weighted by Gasteiger charge is 2.18. The van der Waals surface area contributed by atoms with Crippen molar-refractivity contribution in [3.8, 4) is 0 Å². The highest BCUT2D eigenvalue weighted by Crippen LogP contribution is 2.25. The number of benzene rings is 1. The van der Waals surface area contributed by atoms with Crippen molar-refractivity contribution in [2.24, 2.45) is 11.7 Å². The van der Waals surface area contributed by atoms with Gasteiger partial charge in [-0.3, -0.25) is 0 Å². The summed E-state index contributed by atoms with van der Waals surface area (Å²) in [6.45, 7) is 4.07. The summed E-state index contributed by atoms with van der Waals surface area (Å²) in [6.07, 6.45) is 0.114. The highest BCUT2D eigenvalue weighted by molar-refractivity contribution is 5.25. The van der Waals surface area contributed by atoms with Gasteiger partial charge in [-0.15, -0.1) is 0 Å². The summed E-state index contributed by atoms with van der Waals surface area (Å²) in [5.41, 5.74) is 6.73. The largest absolute Gasteiger partial charge is 0.388 e. The zero-order chi connectivity index (χ0) is 11.4. The lowest BCUT2D eigenvalue weighted by Gasteiger charge is -2.20. The minimum Gasteiger partial charge on any atom is -0.388 e. The first-order valence-electron chi connectivity index (χ1n) is 5.24. The second-order valence-electron chi connectivity index (χ2n) is 3.86. The first-order valence-corrected chi connectivity index (χ1v) is 5.24. The van der Waals surface area contributed by atoms with Crippen molar-refractivity contribution in [3.05, 3.63) is 35.1 Å². The molecule has 2 nitrogen and oxygen atoms in total. The van der Waals surface area contributed by atoms with Crippen LogP contribution in [0.25, 0.3) is 0 Å². The molecule has 0 aliphatic carbocycles. The van der Waals surface area contributed by atoms with E-state index in [1.54, 1.807) is 19.1 Å². The number of halogens is 1. The molecule has 3 heteroatoms. The summed E-state index contributed by atoms with van der Waals surface area (Å²) in [7, 11) is 0. The van der Waals surface area contributed by atoms with E-state index in [0.717, 1.165) is 6.42 Å². The average molecular weight is 211 g/mol. The SMILES string of the molecule is CCC(CN)C(O)c1ccc(C)c(F)c1. The summed E-state index contributed by atoms with van der Waals surface area (Å²) in [4.78, 5) is 0. The molecule has 0 bridgehead atoms. The lowest BCUT2D eigenvalue weighted by molar-refractivity contribution is 0.109. The van der Waals surface area contributed by atoms with Crippen LogP contribution in [0.5, 0.6) is 0 Å². The molecule has 15 heavy (non-hydrogen) atoms. The number of aliphatic hydroxyl groups is 1. The molecule has 0 aliphatic heterocycles. The van der Waals surface area contributed by atoms with Crippen molar-refractivity contribution in [1.82, 2.24) is 0 Å². The third kappa shape index (κ3) is 2.76. The Balaban J connectivity index is 2.90. The van der Waals surface area contributed by atoms with Gasteiger partial charge in [0, 0.05) is 5.92 Å². The smallest absolute Gasteiger partial charge is 0.126 e. The predicted molar refractivity (Wildman–Crippen MR) is 58.9 cm³/mol. The third-order valence-corrected chi connectivity index (χ3v) is 2.81. The molecule has 0 saturated carbocycles. The molecule has 0 fully saturated rings. The summed E-state index contributed by atoms with van der Waals surface area (Å²) < 4.78 is 13.3. The maximum Gasteiger partial charge on any atom is 0.126 e. The Morgan fingerprint density at radius 3 is 2.60 bits per heavy atom. The Morgan fingerprint density at radius 1 is 1.47 bits per heavy atom. The molecule has 0 radical (unpaired) electrons. The fraction of sp³-hybridized carbons (Fsp3) is 0.500. The van der Waals surface area contributed by atoms with Gasteiger partial charge in [0.25, 0.3) is 0 Å². The Kier molecular flexibility index (Phi) is 4.24. The molecule has 0 amide bonds. The van der Waals surface area contributed by atoms with Gasteiger partial charge < -0.3 is 10.8 Å². The zero-order valence-electron chi connectivity index (χ0n) is 9.20. The molecule has 0 saturated heterocycles. The van der Waals surface area contributed by atoms with Crippen molar-refractivity contribution in [3.63, 3.8) is 0 Å². The number of hydrogen-bond donors (Lipinski definition) is 2. The zero-order valence-corrected chi connectivity index (χ0v) is 9.20. The summed E-state index contributed by atoms with van der Waals surface area (Å²) in [6, 6.07) is 4.82. The maximum absolute atomic E-state index is 13.3. The molecule has 84 valence electrons. The van der Waals surface area contributed by atoms with Crippen LogP contribution in [0.15, 0.2) is 18.2 Å². The molecule has 1 aromatic rings. The van der Waals surface area contributed by atoms with Crippen molar-refractivity contribution in [2.75, 3.05) is 6.54 Å². The van der Waals surface area contributed by atoms with Gasteiger partial charge >= 0.3 is 0 Å². The minimum absolute atomic E-state index is 0.00731. The lowest BCUT2D eigenvalue weighted by atomic mass is 9.93. The maximum atomic E-state index is 13.3. The fourth-order valence-electron chi connectivity index (χ4n) is 1.58. The topological polar surface area (TPSA) is 46.2 Å². The molecule has 3 N–H and O–H groups in total. The third-order valence-electron chi connectivity index (χ3n) is 2.81. The van der Waals surface area contributed by atoms with Gasteiger partial charge in [0.2, 0.25) is 0 Å². The molecule has 0 aromatic heterocycles. The first kappa shape index (κ1) is 12.1. The highest BCUT2D eigenvalue weighted by atomic mass is 19.1. The van der Waals surface area contributed by atoms with Crippen LogP contribution >= 0.6 is 0 Å². The number of rotatable bonds is 4. The normalized spacial score (nSPS) is 15.0. The van der Waals surface area contributed by atoms with Crippen LogP contribution in [-0.4, -0.2) is 11.7 Å². The number of aliphatic hydroxyl groups excluding tert-OH is 1. The summed E-state index contributed by atoms with van der Waals surface area (Å²) in [5, 5.41) is 9.95. The van der Waals surface area contributed by atoms with Crippen LogP contribution in [0.2, 0.25) is 0 Å². The van der Waals surface area contributed by atoms with Gasteiger partial charge in [-0.05, 0) is 37.1 Å². The average Bonchev–Trinajstić information content (AvgIpc) is 2.23. The molecule has 0 spiro atoms. The van der Waals surface area contributed by atoms with Crippen molar-refractivity contribution < 1.29 is 9.50 Å². The van der Waals surface area contributed by atoms with Crippen LogP contribution in [-0.2, 0) is 0 Å². The molecule has 1 aromatic carbocycles. The van der Waals surface area contributed by atoms with Crippen molar-refractivity contribution in [2.45, 2.75) is 26.4 Å². The quantitative estimate of drug-likeness (QED) is 0.801. The van der Waals surface area contributed by atoms with Crippen LogP contribution < -0.4 is 5.73 Å². The van der Waals surface area contributed by atoms with Crippen LogP contribution in [0.3, 0.4) is 0 Å². The van der Waals surface area contributed by atoms with E-state index < -0.39 is 6.10 Å². The van der Waals surface area contributed by atoms with Crippen molar-refractivity contribution in [1.29, 1.82) is 0 Å². The van der Waals surface area contributed by atoms with Gasteiger partial charge in [-0.25, -0.2) is 4.39 Å². The summed E-state index contributed by atoms with van der Waals surface area (Å²) >= 11 is 0. The Bertz CT molecular complexity index is 323. The van der Waals surface area contributed by atoms with Crippen LogP contribution in [0, 0.1) is 18.7 Å². The molecular formula is C12H18FNO. The second-order valence-corrected chi connectivity index (χ2v) is 3.86. The van der Waals surface area contributed by atoms with E-state index in [-0.39, 0.29) is 11.7 Å². The molecule has 2 atom stereocenters. The van der Waals surface area contributed by atoms with E-state index in [0.29, 0.717) is 17.7 Å². The fourth-order valence-corrected chi connectivity index (χ4v) is 1.58. The van der Waals surface area contributed by atoms with Gasteiger partial charge in [0.15, 0.2) is 0 Å². The second kappa shape index (κ2) is 5.24. The predicted octanol–water partition coefficient (Wildman–Crippen LogP) is 2.15. The molecule has 2 unspecified atom stereocenters. The van der Waals surface area contributed by atoms with Gasteiger partial charge in [-0.2, -0.15) is 0 Å². The van der Waals surface area contributed by atoms with Gasteiger partial charge in [0.05, 0.1) is 6.10 Å². The van der Waals surface area contributed by atoms with E-state index in [9.17, 15) is 9.50 Å². The lowest BCUT2D eigenvalue weighted by Crippen LogP contribution is -2.21. The van der Waals surface area contributed by atoms with E-state index >= 15 is 0 Å². The monoisotopic (exact) mass is 211 g/mol. The number of aryl methyl sites for hydroxylation is 1. The van der Waals surface area contributed by atoms with Gasteiger partial charge in [0.1, 0.15) is 5.82 Å². The van der Waals surface area contributed by atoms with E-state index in [1.807, 2.05) is 6.92 Å². The van der Waals surface area contributed by atoms with E-state index in [2.05, 4.69) is 0 Å².